The van der Waals surface area contributed by atoms with E-state index in [1.807, 2.05) is 25.1 Å². The summed E-state index contributed by atoms with van der Waals surface area (Å²) < 4.78 is 10.2. The number of ether oxygens (including phenoxy) is 2. The maximum atomic E-state index is 11.9. The number of carbonyl (C=O) groups excluding carboxylic acids is 1. The van der Waals surface area contributed by atoms with E-state index in [0.29, 0.717) is 18.1 Å². The van der Waals surface area contributed by atoms with Crippen LogP contribution in [0.5, 0.6) is 11.6 Å². The Morgan fingerprint density at radius 2 is 2.00 bits per heavy atom. The Morgan fingerprint density at radius 1 is 1.18 bits per heavy atom. The number of aryl methyl sites for hydroxylation is 1. The Bertz CT molecular complexity index is 659. The molecule has 2 rings (SSSR count). The van der Waals surface area contributed by atoms with Crippen molar-refractivity contribution in [3.05, 3.63) is 47.7 Å². The fourth-order valence-electron chi connectivity index (χ4n) is 1.99. The quantitative estimate of drug-likeness (QED) is 0.890. The van der Waals surface area contributed by atoms with E-state index in [0.717, 1.165) is 16.9 Å². The van der Waals surface area contributed by atoms with Gasteiger partial charge >= 0.3 is 6.03 Å². The number of carbonyl (C=O) groups is 1. The van der Waals surface area contributed by atoms with Gasteiger partial charge in [0.25, 0.3) is 0 Å². The van der Waals surface area contributed by atoms with Crippen LogP contribution in [0.1, 0.15) is 11.1 Å². The average Bonchev–Trinajstić information content (AvgIpc) is 2.53. The summed E-state index contributed by atoms with van der Waals surface area (Å²) in [5.74, 6) is 1.31. The van der Waals surface area contributed by atoms with Crippen LogP contribution >= 0.6 is 0 Å². The minimum absolute atomic E-state index is 0.277. The molecule has 0 atom stereocenters. The van der Waals surface area contributed by atoms with Crippen LogP contribution in [-0.4, -0.2) is 25.2 Å². The van der Waals surface area contributed by atoms with E-state index in [1.165, 1.54) is 0 Å². The summed E-state index contributed by atoms with van der Waals surface area (Å²) >= 11 is 0. The third-order valence-electron chi connectivity index (χ3n) is 3.11. The van der Waals surface area contributed by atoms with Crippen LogP contribution in [0.3, 0.4) is 0 Å². The number of pyridine rings is 1. The molecule has 0 radical (unpaired) electrons. The van der Waals surface area contributed by atoms with Crippen molar-refractivity contribution in [2.24, 2.45) is 0 Å². The van der Waals surface area contributed by atoms with Crippen LogP contribution in [0.2, 0.25) is 0 Å². The summed E-state index contributed by atoms with van der Waals surface area (Å²) in [7, 11) is 3.17. The van der Waals surface area contributed by atoms with Crippen LogP contribution < -0.4 is 20.1 Å². The molecule has 1 aromatic heterocycles. The molecule has 22 heavy (non-hydrogen) atoms. The van der Waals surface area contributed by atoms with Gasteiger partial charge in [0.15, 0.2) is 0 Å². The zero-order chi connectivity index (χ0) is 15.9. The van der Waals surface area contributed by atoms with E-state index in [9.17, 15) is 4.79 Å². The average molecular weight is 301 g/mol. The van der Waals surface area contributed by atoms with Gasteiger partial charge in [0.1, 0.15) is 5.75 Å². The number of anilines is 1. The third kappa shape index (κ3) is 4.12. The van der Waals surface area contributed by atoms with Gasteiger partial charge in [-0.25, -0.2) is 9.78 Å². The lowest BCUT2D eigenvalue weighted by Gasteiger charge is -2.10. The summed E-state index contributed by atoms with van der Waals surface area (Å²) in [6.45, 7) is 2.31. The van der Waals surface area contributed by atoms with Crippen molar-refractivity contribution in [3.63, 3.8) is 0 Å². The van der Waals surface area contributed by atoms with Gasteiger partial charge in [0.2, 0.25) is 5.88 Å². The van der Waals surface area contributed by atoms with Crippen LogP contribution in [0.15, 0.2) is 36.5 Å². The number of hydrogen-bond donors (Lipinski definition) is 2. The number of methoxy groups -OCH3 is 2. The first-order valence-electron chi connectivity index (χ1n) is 6.81. The molecule has 1 heterocycles. The second-order valence-corrected chi connectivity index (χ2v) is 4.70. The molecular formula is C16H19N3O3. The number of rotatable bonds is 5. The van der Waals surface area contributed by atoms with Crippen molar-refractivity contribution in [1.29, 1.82) is 0 Å². The van der Waals surface area contributed by atoms with Crippen LogP contribution in [0.4, 0.5) is 10.5 Å². The molecule has 0 fully saturated rings. The highest BCUT2D eigenvalue weighted by atomic mass is 16.5. The topological polar surface area (TPSA) is 72.5 Å². The number of hydrogen-bond acceptors (Lipinski definition) is 4. The molecule has 2 aromatic rings. The molecule has 0 saturated carbocycles. The monoisotopic (exact) mass is 301 g/mol. The first-order valence-corrected chi connectivity index (χ1v) is 6.81. The smallest absolute Gasteiger partial charge is 0.319 e. The minimum Gasteiger partial charge on any atom is -0.496 e. The SMILES string of the molecule is COc1cc(CNC(=O)Nc2ccc(OC)c(C)c2)ccn1. The number of urea groups is 1. The van der Waals surface area contributed by atoms with Gasteiger partial charge in [-0.2, -0.15) is 0 Å². The number of nitrogens with one attached hydrogen (secondary N) is 2. The standard InChI is InChI=1S/C16H19N3O3/c1-11-8-13(4-5-14(11)21-2)19-16(20)18-10-12-6-7-17-15(9-12)22-3/h4-9H,10H2,1-3H3,(H2,18,19,20). The Hall–Kier alpha value is -2.76. The Morgan fingerprint density at radius 3 is 2.68 bits per heavy atom. The summed E-state index contributed by atoms with van der Waals surface area (Å²) in [5.41, 5.74) is 2.58. The van der Waals surface area contributed by atoms with Gasteiger partial charge < -0.3 is 20.1 Å². The van der Waals surface area contributed by atoms with Crippen molar-refractivity contribution in [3.8, 4) is 11.6 Å². The van der Waals surface area contributed by atoms with Gasteiger partial charge in [-0.05, 0) is 42.3 Å². The summed E-state index contributed by atoms with van der Waals surface area (Å²) in [6, 6.07) is 8.78. The molecule has 0 aliphatic carbocycles. The van der Waals surface area contributed by atoms with Crippen molar-refractivity contribution >= 4 is 11.7 Å². The van der Waals surface area contributed by atoms with E-state index in [1.54, 1.807) is 32.5 Å². The van der Waals surface area contributed by atoms with E-state index in [-0.39, 0.29) is 6.03 Å². The third-order valence-corrected chi connectivity index (χ3v) is 3.11. The van der Waals surface area contributed by atoms with Crippen LogP contribution in [-0.2, 0) is 6.54 Å². The fraction of sp³-hybridized carbons (Fsp3) is 0.250. The Labute approximate surface area is 129 Å². The highest BCUT2D eigenvalue weighted by Crippen LogP contribution is 2.21. The normalized spacial score (nSPS) is 9.95. The number of aromatic nitrogens is 1. The molecule has 0 unspecified atom stereocenters. The molecule has 6 heteroatoms. The Kier molecular flexibility index (Phi) is 5.19. The number of nitrogens with zero attached hydrogens (tertiary/aromatic N) is 1. The lowest BCUT2D eigenvalue weighted by Crippen LogP contribution is -2.28. The molecule has 116 valence electrons. The largest absolute Gasteiger partial charge is 0.496 e. The summed E-state index contributed by atoms with van der Waals surface area (Å²) in [4.78, 5) is 15.9. The second kappa shape index (κ2) is 7.31. The van der Waals surface area contributed by atoms with Crippen molar-refractivity contribution in [2.75, 3.05) is 19.5 Å². The zero-order valence-corrected chi connectivity index (χ0v) is 12.8. The summed E-state index contributed by atoms with van der Waals surface area (Å²) in [6.07, 6.45) is 1.64. The highest BCUT2D eigenvalue weighted by Gasteiger charge is 2.05. The minimum atomic E-state index is -0.277. The molecule has 0 spiro atoms. The molecule has 1 aromatic carbocycles. The van der Waals surface area contributed by atoms with Gasteiger partial charge in [-0.1, -0.05) is 0 Å². The van der Waals surface area contributed by atoms with Gasteiger partial charge in [0, 0.05) is 24.5 Å². The lowest BCUT2D eigenvalue weighted by atomic mass is 10.2. The van der Waals surface area contributed by atoms with E-state index in [2.05, 4.69) is 15.6 Å². The molecule has 0 saturated heterocycles. The molecule has 0 bridgehead atoms. The van der Waals surface area contributed by atoms with Crippen molar-refractivity contribution in [2.45, 2.75) is 13.5 Å². The molecule has 0 aliphatic heterocycles. The molecule has 2 amide bonds. The predicted molar refractivity (Wildman–Crippen MR) is 84.4 cm³/mol. The second-order valence-electron chi connectivity index (χ2n) is 4.70. The van der Waals surface area contributed by atoms with Crippen LogP contribution in [0, 0.1) is 6.92 Å². The van der Waals surface area contributed by atoms with Gasteiger partial charge in [-0.3, -0.25) is 0 Å². The highest BCUT2D eigenvalue weighted by molar-refractivity contribution is 5.89. The lowest BCUT2D eigenvalue weighted by molar-refractivity contribution is 0.251. The number of amides is 2. The molecule has 2 N–H and O–H groups in total. The summed E-state index contributed by atoms with van der Waals surface area (Å²) in [5, 5.41) is 5.56. The zero-order valence-electron chi connectivity index (χ0n) is 12.8. The van der Waals surface area contributed by atoms with Gasteiger partial charge in [0.05, 0.1) is 14.2 Å². The van der Waals surface area contributed by atoms with E-state index in [4.69, 9.17) is 9.47 Å². The fourth-order valence-corrected chi connectivity index (χ4v) is 1.99. The molecular weight excluding hydrogens is 282 g/mol. The maximum Gasteiger partial charge on any atom is 0.319 e. The van der Waals surface area contributed by atoms with Crippen molar-refractivity contribution < 1.29 is 14.3 Å². The Balaban J connectivity index is 1.91. The first-order chi connectivity index (χ1) is 10.6. The molecule has 0 aliphatic rings. The maximum absolute atomic E-state index is 11.9. The number of benzene rings is 1. The van der Waals surface area contributed by atoms with Crippen molar-refractivity contribution in [1.82, 2.24) is 10.3 Å². The van der Waals surface area contributed by atoms with E-state index < -0.39 is 0 Å². The molecule has 6 nitrogen and oxygen atoms in total. The van der Waals surface area contributed by atoms with Crippen LogP contribution in [0.25, 0.3) is 0 Å². The van der Waals surface area contributed by atoms with E-state index >= 15 is 0 Å². The predicted octanol–water partition coefficient (Wildman–Crippen LogP) is 2.73. The first kappa shape index (κ1) is 15.6. The van der Waals surface area contributed by atoms with Gasteiger partial charge in [-0.15, -0.1) is 0 Å².